The molecule has 0 heterocycles. The Kier molecular flexibility index (Phi) is 5.07. The van der Waals surface area contributed by atoms with Crippen molar-refractivity contribution in [3.05, 3.63) is 33.4 Å². The number of nitrogens with zero attached hydrogens (tertiary/aromatic N) is 2. The van der Waals surface area contributed by atoms with E-state index in [0.29, 0.717) is 0 Å². The van der Waals surface area contributed by atoms with E-state index < -0.39 is 22.3 Å². The maximum atomic E-state index is 11.1. The lowest BCUT2D eigenvalue weighted by Crippen LogP contribution is -2.01. The van der Waals surface area contributed by atoms with Gasteiger partial charge >= 0.3 is 11.7 Å². The van der Waals surface area contributed by atoms with Crippen LogP contribution in [-0.2, 0) is 9.53 Å². The van der Waals surface area contributed by atoms with Gasteiger partial charge in [-0.15, -0.1) is 0 Å². The molecule has 0 aliphatic heterocycles. The van der Waals surface area contributed by atoms with Crippen molar-refractivity contribution in [3.63, 3.8) is 0 Å². The van der Waals surface area contributed by atoms with Crippen LogP contribution in [0.2, 0.25) is 0 Å². The molecule has 0 saturated heterocycles. The number of rotatable bonds is 3. The van der Waals surface area contributed by atoms with Gasteiger partial charge in [0.25, 0.3) is 0 Å². The van der Waals surface area contributed by atoms with Crippen LogP contribution in [0.3, 0.4) is 0 Å². The molecule has 102 valence electrons. The summed E-state index contributed by atoms with van der Waals surface area (Å²) in [6.07, 6.45) is -0.210. The zero-order valence-electron chi connectivity index (χ0n) is 10.5. The molecule has 1 N–H and O–H groups in total. The Morgan fingerprint density at radius 2 is 2.25 bits per heavy atom. The molecule has 0 fully saturated rings. The van der Waals surface area contributed by atoms with Crippen molar-refractivity contribution in [2.24, 2.45) is 0 Å². The predicted molar refractivity (Wildman–Crippen MR) is 67.6 cm³/mol. The van der Waals surface area contributed by atoms with Crippen LogP contribution in [0.1, 0.15) is 24.5 Å². The molecule has 20 heavy (non-hydrogen) atoms. The fourth-order valence-corrected chi connectivity index (χ4v) is 1.34. The monoisotopic (exact) mass is 274 g/mol. The quantitative estimate of drug-likeness (QED) is 0.386. The number of hydrogen-bond donors (Lipinski definition) is 1. The molecule has 0 bridgehead atoms. The van der Waals surface area contributed by atoms with E-state index in [4.69, 9.17) is 5.26 Å². The van der Waals surface area contributed by atoms with Gasteiger partial charge in [-0.05, 0) is 13.0 Å². The van der Waals surface area contributed by atoms with Crippen LogP contribution in [0, 0.1) is 33.3 Å². The highest BCUT2D eigenvalue weighted by Gasteiger charge is 2.18. The minimum atomic E-state index is -0.813. The summed E-state index contributed by atoms with van der Waals surface area (Å²) in [5.41, 5.74) is -0.695. The molecule has 0 aliphatic carbocycles. The third-order valence-corrected chi connectivity index (χ3v) is 2.18. The highest BCUT2D eigenvalue weighted by molar-refractivity contribution is 5.73. The fourth-order valence-electron chi connectivity index (χ4n) is 1.34. The Hall–Kier alpha value is -3.06. The molecule has 0 unspecified atom stereocenters. The van der Waals surface area contributed by atoms with E-state index >= 15 is 0 Å². The largest absolute Gasteiger partial charge is 0.501 e. The van der Waals surface area contributed by atoms with Crippen LogP contribution < -0.4 is 0 Å². The van der Waals surface area contributed by atoms with Crippen molar-refractivity contribution >= 4 is 11.7 Å². The summed E-state index contributed by atoms with van der Waals surface area (Å²) < 4.78 is 4.65. The number of benzene rings is 1. The number of nitro benzene ring substituents is 1. The minimum Gasteiger partial charge on any atom is -0.501 e. The number of nitriles is 1. The first kappa shape index (κ1) is 15.0. The molecule has 7 heteroatoms. The second-order valence-corrected chi connectivity index (χ2v) is 3.54. The van der Waals surface area contributed by atoms with E-state index in [1.807, 2.05) is 0 Å². The molecule has 1 aromatic carbocycles. The molecular formula is C13H10N2O5. The van der Waals surface area contributed by atoms with Crippen molar-refractivity contribution in [2.45, 2.75) is 13.3 Å². The van der Waals surface area contributed by atoms with E-state index in [-0.39, 0.29) is 24.2 Å². The molecule has 0 aromatic heterocycles. The molecule has 1 aromatic rings. The summed E-state index contributed by atoms with van der Waals surface area (Å²) in [7, 11) is 0. The van der Waals surface area contributed by atoms with Crippen molar-refractivity contribution < 1.29 is 19.6 Å². The Morgan fingerprint density at radius 1 is 1.55 bits per heavy atom. The maximum absolute atomic E-state index is 11.1. The van der Waals surface area contributed by atoms with Gasteiger partial charge in [0.05, 0.1) is 28.7 Å². The number of nitro groups is 1. The molecule has 0 saturated carbocycles. The van der Waals surface area contributed by atoms with Gasteiger partial charge in [-0.3, -0.25) is 14.9 Å². The number of carbonyl (C=O) groups is 1. The number of phenols is 1. The van der Waals surface area contributed by atoms with Gasteiger partial charge < -0.3 is 9.84 Å². The first-order valence-electron chi connectivity index (χ1n) is 5.55. The first-order valence-corrected chi connectivity index (χ1v) is 5.55. The molecule has 1 rings (SSSR count). The fraction of sp³-hybridized carbons (Fsp3) is 0.231. The standard InChI is InChI=1S/C13H10N2O5/c1-2-20-12(16)5-3-4-10-6-9(8-14)7-11(13(10)17)15(18)19/h6-7,17H,2,5H2,1H3. The molecule has 0 atom stereocenters. The van der Waals surface area contributed by atoms with Crippen LogP contribution in [0.5, 0.6) is 5.75 Å². The Balaban J connectivity index is 3.10. The molecule has 0 aliphatic rings. The topological polar surface area (TPSA) is 113 Å². The van der Waals surface area contributed by atoms with E-state index in [2.05, 4.69) is 16.6 Å². The number of aromatic hydroxyl groups is 1. The Labute approximate surface area is 114 Å². The van der Waals surface area contributed by atoms with E-state index in [1.54, 1.807) is 13.0 Å². The lowest BCUT2D eigenvalue weighted by molar-refractivity contribution is -0.385. The third-order valence-electron chi connectivity index (χ3n) is 2.18. The van der Waals surface area contributed by atoms with Gasteiger partial charge in [-0.2, -0.15) is 5.26 Å². The van der Waals surface area contributed by atoms with Crippen molar-refractivity contribution in [1.82, 2.24) is 0 Å². The highest BCUT2D eigenvalue weighted by Crippen LogP contribution is 2.30. The molecule has 0 amide bonds. The van der Waals surface area contributed by atoms with Gasteiger partial charge in [0.1, 0.15) is 6.42 Å². The second-order valence-electron chi connectivity index (χ2n) is 3.54. The SMILES string of the molecule is CCOC(=O)CC#Cc1cc(C#N)cc([N+](=O)[O-])c1O. The zero-order chi connectivity index (χ0) is 15.1. The van der Waals surface area contributed by atoms with Gasteiger partial charge in [-0.1, -0.05) is 11.8 Å². The summed E-state index contributed by atoms with van der Waals surface area (Å²) in [4.78, 5) is 21.0. The van der Waals surface area contributed by atoms with E-state index in [9.17, 15) is 20.0 Å². The summed E-state index contributed by atoms with van der Waals surface area (Å²) in [6.45, 7) is 1.87. The van der Waals surface area contributed by atoms with Crippen molar-refractivity contribution in [2.75, 3.05) is 6.61 Å². The highest BCUT2D eigenvalue weighted by atomic mass is 16.6. The summed E-state index contributed by atoms with van der Waals surface area (Å²) >= 11 is 0. The lowest BCUT2D eigenvalue weighted by Gasteiger charge is -2.00. The number of carbonyl (C=O) groups excluding carboxylic acids is 1. The zero-order valence-corrected chi connectivity index (χ0v) is 10.5. The predicted octanol–water partition coefficient (Wildman–Crippen LogP) is 1.48. The summed E-state index contributed by atoms with van der Waals surface area (Å²) in [6, 6.07) is 3.89. The van der Waals surface area contributed by atoms with Crippen LogP contribution in [0.15, 0.2) is 12.1 Å². The molecule has 0 radical (unpaired) electrons. The number of phenolic OH excluding ortho intramolecular Hbond substituents is 1. The van der Waals surface area contributed by atoms with Gasteiger partial charge in [-0.25, -0.2) is 0 Å². The van der Waals surface area contributed by atoms with Gasteiger partial charge in [0, 0.05) is 6.07 Å². The van der Waals surface area contributed by atoms with Crippen molar-refractivity contribution in [3.8, 4) is 23.7 Å². The lowest BCUT2D eigenvalue weighted by atomic mass is 10.1. The maximum Gasteiger partial charge on any atom is 0.317 e. The molecule has 7 nitrogen and oxygen atoms in total. The normalized spacial score (nSPS) is 9.00. The summed E-state index contributed by atoms with van der Waals surface area (Å²) in [5.74, 6) is 3.67. The van der Waals surface area contributed by atoms with Gasteiger partial charge in [0.2, 0.25) is 5.75 Å². The van der Waals surface area contributed by atoms with Crippen molar-refractivity contribution in [1.29, 1.82) is 5.26 Å². The Bertz CT molecular complexity index is 649. The third kappa shape index (κ3) is 3.72. The molecule has 0 spiro atoms. The molecular weight excluding hydrogens is 264 g/mol. The van der Waals surface area contributed by atoms with Crippen LogP contribution in [0.4, 0.5) is 5.69 Å². The first-order chi connectivity index (χ1) is 9.49. The van der Waals surface area contributed by atoms with E-state index in [1.165, 1.54) is 6.07 Å². The second kappa shape index (κ2) is 6.76. The number of ether oxygens (including phenoxy) is 1. The van der Waals surface area contributed by atoms with Crippen LogP contribution in [0.25, 0.3) is 0 Å². The minimum absolute atomic E-state index is 0.00469. The number of esters is 1. The average Bonchev–Trinajstić information content (AvgIpc) is 2.40. The summed E-state index contributed by atoms with van der Waals surface area (Å²) in [5, 5.41) is 29.2. The average molecular weight is 274 g/mol. The van der Waals surface area contributed by atoms with E-state index in [0.717, 1.165) is 6.07 Å². The smallest absolute Gasteiger partial charge is 0.317 e. The van der Waals surface area contributed by atoms with Crippen LogP contribution in [-0.4, -0.2) is 22.6 Å². The number of hydrogen-bond acceptors (Lipinski definition) is 6. The Morgan fingerprint density at radius 3 is 2.80 bits per heavy atom. The van der Waals surface area contributed by atoms with Crippen LogP contribution >= 0.6 is 0 Å². The van der Waals surface area contributed by atoms with Gasteiger partial charge in [0.15, 0.2) is 0 Å².